The smallest absolute Gasteiger partial charge is 0.147 e. The summed E-state index contributed by atoms with van der Waals surface area (Å²) in [6.45, 7) is 5.32. The van der Waals surface area contributed by atoms with Crippen molar-refractivity contribution in [2.75, 3.05) is 0 Å². The summed E-state index contributed by atoms with van der Waals surface area (Å²) >= 11 is 3.89. The molecule has 0 saturated heterocycles. The molecule has 2 aliphatic rings. The quantitative estimate of drug-likeness (QED) is 0.916. The Balaban J connectivity index is 1.60. The van der Waals surface area contributed by atoms with Crippen LogP contribution in [0.5, 0.6) is 0 Å². The first-order valence-corrected chi connectivity index (χ1v) is 9.38. The molecule has 4 nitrogen and oxygen atoms in total. The molecule has 4 heterocycles. The molecule has 21 heavy (non-hydrogen) atoms. The lowest BCUT2D eigenvalue weighted by molar-refractivity contribution is 0.326. The van der Waals surface area contributed by atoms with E-state index in [0.717, 1.165) is 24.6 Å². The maximum absolute atomic E-state index is 4.65. The number of fused-ring (bicyclic) bond motifs is 2. The van der Waals surface area contributed by atoms with Crippen LogP contribution in [0.2, 0.25) is 0 Å². The van der Waals surface area contributed by atoms with Gasteiger partial charge < -0.3 is 5.32 Å². The van der Waals surface area contributed by atoms with Gasteiger partial charge in [-0.25, -0.2) is 9.67 Å². The van der Waals surface area contributed by atoms with Gasteiger partial charge >= 0.3 is 0 Å². The summed E-state index contributed by atoms with van der Waals surface area (Å²) in [4.78, 5) is 4.65. The van der Waals surface area contributed by atoms with E-state index in [1.165, 1.54) is 22.6 Å². The van der Waals surface area contributed by atoms with Crippen molar-refractivity contribution in [3.8, 4) is 0 Å². The van der Waals surface area contributed by atoms with Crippen LogP contribution in [0.25, 0.3) is 0 Å². The fourth-order valence-electron chi connectivity index (χ4n) is 3.38. The molecule has 0 amide bonds. The molecule has 112 valence electrons. The van der Waals surface area contributed by atoms with Crippen molar-refractivity contribution >= 4 is 23.1 Å². The molecule has 6 heteroatoms. The van der Waals surface area contributed by atoms with Gasteiger partial charge in [-0.05, 0) is 43.2 Å². The van der Waals surface area contributed by atoms with Crippen LogP contribution in [0, 0.1) is 6.92 Å². The van der Waals surface area contributed by atoms with Crippen molar-refractivity contribution in [2.24, 2.45) is 0 Å². The summed E-state index contributed by atoms with van der Waals surface area (Å²) in [5.41, 5.74) is 1.48. The van der Waals surface area contributed by atoms with Crippen LogP contribution in [-0.2, 0) is 6.54 Å². The zero-order chi connectivity index (χ0) is 14.4. The summed E-state index contributed by atoms with van der Waals surface area (Å²) < 4.78 is 3.58. The van der Waals surface area contributed by atoms with E-state index < -0.39 is 0 Å². The average Bonchev–Trinajstić information content (AvgIpc) is 3.04. The first kappa shape index (κ1) is 13.8. The first-order valence-electron chi connectivity index (χ1n) is 7.62. The van der Waals surface area contributed by atoms with E-state index in [1.807, 2.05) is 30.0 Å². The molecule has 1 N–H and O–H groups in total. The highest BCUT2D eigenvalue weighted by Gasteiger charge is 2.31. The van der Waals surface area contributed by atoms with Crippen LogP contribution in [0.15, 0.2) is 15.7 Å². The molecule has 0 aromatic carbocycles. The minimum atomic E-state index is 0.341. The molecule has 3 atom stereocenters. The van der Waals surface area contributed by atoms with Gasteiger partial charge in [-0.3, -0.25) is 0 Å². The second kappa shape index (κ2) is 5.41. The summed E-state index contributed by atoms with van der Waals surface area (Å²) in [5, 5.41) is 11.3. The summed E-state index contributed by atoms with van der Waals surface area (Å²) in [6.07, 6.45) is 3.54. The average molecular weight is 320 g/mol. The van der Waals surface area contributed by atoms with Gasteiger partial charge in [-0.15, -0.1) is 23.1 Å². The molecule has 0 spiro atoms. The Bertz CT molecular complexity index is 648. The number of nitrogens with one attached hydrogen (secondary N) is 1. The molecule has 2 aromatic rings. The van der Waals surface area contributed by atoms with Crippen LogP contribution in [0.4, 0.5) is 0 Å². The second-order valence-electron chi connectivity index (χ2n) is 5.98. The van der Waals surface area contributed by atoms with Gasteiger partial charge in [0.25, 0.3) is 0 Å². The molecule has 2 aromatic heterocycles. The second-order valence-corrected chi connectivity index (χ2v) is 8.61. The molecule has 0 aliphatic carbocycles. The number of nitrogens with zero attached hydrogens (tertiary/aromatic N) is 3. The third-order valence-corrected chi connectivity index (χ3v) is 6.64. The van der Waals surface area contributed by atoms with E-state index in [9.17, 15) is 0 Å². The summed E-state index contributed by atoms with van der Waals surface area (Å²) in [7, 11) is 0. The number of hydrogen-bond donors (Lipinski definition) is 1. The van der Waals surface area contributed by atoms with Gasteiger partial charge in [-0.1, -0.05) is 6.92 Å². The third kappa shape index (κ3) is 2.53. The largest absolute Gasteiger partial charge is 0.300 e. The van der Waals surface area contributed by atoms with E-state index in [0.29, 0.717) is 17.3 Å². The highest BCUT2D eigenvalue weighted by molar-refractivity contribution is 8.01. The Morgan fingerprint density at radius 1 is 1.38 bits per heavy atom. The van der Waals surface area contributed by atoms with Crippen LogP contribution in [0.1, 0.15) is 55.5 Å². The predicted octanol–water partition coefficient (Wildman–Crippen LogP) is 3.70. The maximum atomic E-state index is 4.65. The predicted molar refractivity (Wildman–Crippen MR) is 86.9 cm³/mol. The van der Waals surface area contributed by atoms with E-state index in [2.05, 4.69) is 38.5 Å². The zero-order valence-corrected chi connectivity index (χ0v) is 14.0. The van der Waals surface area contributed by atoms with Crippen molar-refractivity contribution in [1.29, 1.82) is 0 Å². The molecule has 0 radical (unpaired) electrons. The van der Waals surface area contributed by atoms with Gasteiger partial charge in [0, 0.05) is 17.8 Å². The molecule has 2 aliphatic heterocycles. The lowest BCUT2D eigenvalue weighted by Crippen LogP contribution is -2.34. The Hall–Kier alpha value is -0.850. The highest BCUT2D eigenvalue weighted by atomic mass is 32.2. The molecule has 0 saturated carbocycles. The zero-order valence-electron chi connectivity index (χ0n) is 12.4. The van der Waals surface area contributed by atoms with Crippen LogP contribution in [0.3, 0.4) is 0 Å². The van der Waals surface area contributed by atoms with Crippen LogP contribution >= 0.6 is 23.1 Å². The fraction of sp³-hybridized carbons (Fsp3) is 0.600. The molecule has 2 unspecified atom stereocenters. The molecule has 0 fully saturated rings. The van der Waals surface area contributed by atoms with E-state index >= 15 is 0 Å². The van der Waals surface area contributed by atoms with Gasteiger partial charge in [0.05, 0.1) is 10.3 Å². The maximum Gasteiger partial charge on any atom is 0.147 e. The van der Waals surface area contributed by atoms with Gasteiger partial charge in [-0.2, -0.15) is 5.10 Å². The highest BCUT2D eigenvalue weighted by Crippen LogP contribution is 2.44. The summed E-state index contributed by atoms with van der Waals surface area (Å²) in [6, 6.07) is 3.08. The molecule has 0 bridgehead atoms. The number of aromatic nitrogens is 3. The third-order valence-electron chi connectivity index (χ3n) is 4.29. The molecule has 4 rings (SSSR count). The standard InChI is InChI=1S/C15H20N4S2/c1-9-8-13(11-5-7-20-15(11)21-9)17-12-4-3-6-19-14(12)16-10(2)18-19/h5,7,9,12-13,17H,3-4,6,8H2,1-2H3/t9-,12?,13?/m0/s1. The molecular formula is C15H20N4S2. The van der Waals surface area contributed by atoms with Gasteiger partial charge in [0.2, 0.25) is 0 Å². The van der Waals surface area contributed by atoms with Crippen LogP contribution in [-0.4, -0.2) is 20.0 Å². The van der Waals surface area contributed by atoms with E-state index in [4.69, 9.17) is 0 Å². The van der Waals surface area contributed by atoms with Crippen molar-refractivity contribution in [1.82, 2.24) is 20.1 Å². The number of thiophene rings is 1. The van der Waals surface area contributed by atoms with E-state index in [-0.39, 0.29) is 0 Å². The molecular weight excluding hydrogens is 300 g/mol. The topological polar surface area (TPSA) is 42.7 Å². The Kier molecular flexibility index (Phi) is 3.55. The Morgan fingerprint density at radius 2 is 2.29 bits per heavy atom. The lowest BCUT2D eigenvalue weighted by atomic mass is 10.0. The van der Waals surface area contributed by atoms with Gasteiger partial charge in [0.15, 0.2) is 0 Å². The van der Waals surface area contributed by atoms with Crippen molar-refractivity contribution in [3.05, 3.63) is 28.7 Å². The van der Waals surface area contributed by atoms with Crippen molar-refractivity contribution in [2.45, 2.75) is 61.2 Å². The summed E-state index contributed by atoms with van der Waals surface area (Å²) in [5.74, 6) is 2.02. The normalized spacial score (nSPS) is 28.2. The van der Waals surface area contributed by atoms with Crippen molar-refractivity contribution < 1.29 is 0 Å². The van der Waals surface area contributed by atoms with Gasteiger partial charge in [0.1, 0.15) is 11.6 Å². The fourth-order valence-corrected chi connectivity index (χ4v) is 5.94. The number of hydrogen-bond acceptors (Lipinski definition) is 5. The first-order chi connectivity index (χ1) is 10.2. The lowest BCUT2D eigenvalue weighted by Gasteiger charge is -2.32. The monoisotopic (exact) mass is 320 g/mol. The minimum Gasteiger partial charge on any atom is -0.300 e. The Labute approximate surface area is 133 Å². The number of thioether (sulfide) groups is 1. The van der Waals surface area contributed by atoms with Crippen molar-refractivity contribution in [3.63, 3.8) is 0 Å². The SMILES string of the molecule is Cc1nc2n(n1)CCCC2NC1C[C@H](C)Sc2sccc21. The number of rotatable bonds is 2. The minimum absolute atomic E-state index is 0.341. The number of aryl methyl sites for hydroxylation is 2. The Morgan fingerprint density at radius 3 is 3.19 bits per heavy atom. The van der Waals surface area contributed by atoms with Crippen LogP contribution < -0.4 is 5.32 Å². The van der Waals surface area contributed by atoms with E-state index in [1.54, 1.807) is 0 Å².